The Hall–Kier alpha value is -0.860. The summed E-state index contributed by atoms with van der Waals surface area (Å²) in [4.78, 5) is 0. The van der Waals surface area contributed by atoms with Crippen LogP contribution in [0.4, 0.5) is 0 Å². The molecule has 0 saturated heterocycles. The maximum atomic E-state index is 9.79. The zero-order chi connectivity index (χ0) is 11.2. The first-order chi connectivity index (χ1) is 7.86. The van der Waals surface area contributed by atoms with E-state index in [1.165, 1.54) is 12.0 Å². The molecule has 0 heterocycles. The Morgan fingerprint density at radius 3 is 2.62 bits per heavy atom. The van der Waals surface area contributed by atoms with E-state index in [0.29, 0.717) is 19.1 Å². The molecule has 1 aliphatic rings. The van der Waals surface area contributed by atoms with Crippen LogP contribution in [0, 0.1) is 5.92 Å². The van der Waals surface area contributed by atoms with Crippen molar-refractivity contribution in [3.05, 3.63) is 35.9 Å². The Labute approximate surface area is 97.3 Å². The van der Waals surface area contributed by atoms with Gasteiger partial charge in [0.15, 0.2) is 0 Å². The molecular weight excluding hydrogens is 200 g/mol. The Morgan fingerprint density at radius 2 is 1.88 bits per heavy atom. The van der Waals surface area contributed by atoms with Crippen molar-refractivity contribution < 1.29 is 9.84 Å². The summed E-state index contributed by atoms with van der Waals surface area (Å²) in [7, 11) is 0. The summed E-state index contributed by atoms with van der Waals surface area (Å²) in [6.07, 6.45) is 4.30. The lowest BCUT2D eigenvalue weighted by Crippen LogP contribution is -2.28. The molecule has 0 radical (unpaired) electrons. The fourth-order valence-electron chi connectivity index (χ4n) is 2.28. The highest BCUT2D eigenvalue weighted by Gasteiger charge is 2.22. The summed E-state index contributed by atoms with van der Waals surface area (Å²) in [5, 5.41) is 9.79. The molecule has 0 bridgehead atoms. The first-order valence-electron chi connectivity index (χ1n) is 6.16. The molecule has 0 aromatic heterocycles. The van der Waals surface area contributed by atoms with Gasteiger partial charge in [0.05, 0.1) is 19.3 Å². The van der Waals surface area contributed by atoms with Crippen LogP contribution in [-0.2, 0) is 11.3 Å². The average molecular weight is 220 g/mol. The van der Waals surface area contributed by atoms with Gasteiger partial charge in [-0.15, -0.1) is 0 Å². The predicted molar refractivity (Wildman–Crippen MR) is 64.1 cm³/mol. The van der Waals surface area contributed by atoms with Crippen LogP contribution < -0.4 is 0 Å². The van der Waals surface area contributed by atoms with E-state index >= 15 is 0 Å². The molecule has 2 heteroatoms. The van der Waals surface area contributed by atoms with Crippen LogP contribution in [0.25, 0.3) is 0 Å². The third-order valence-corrected chi connectivity index (χ3v) is 3.31. The Morgan fingerprint density at radius 1 is 1.12 bits per heavy atom. The van der Waals surface area contributed by atoms with Gasteiger partial charge in [-0.3, -0.25) is 0 Å². The lowest BCUT2D eigenvalue weighted by Gasteiger charge is -2.27. The number of rotatable bonds is 4. The standard InChI is InChI=1S/C14H20O2/c15-14-9-5-4-8-13(14)11-16-10-12-6-2-1-3-7-12/h1-3,6-7,13-15H,4-5,8-11H2/t13-,14+/m0/s1. The van der Waals surface area contributed by atoms with Gasteiger partial charge in [0.1, 0.15) is 0 Å². The van der Waals surface area contributed by atoms with Crippen molar-refractivity contribution >= 4 is 0 Å². The van der Waals surface area contributed by atoms with E-state index in [4.69, 9.17) is 4.74 Å². The molecule has 1 aromatic rings. The number of aliphatic hydroxyl groups excluding tert-OH is 1. The van der Waals surface area contributed by atoms with Gasteiger partial charge in [0, 0.05) is 5.92 Å². The van der Waals surface area contributed by atoms with Gasteiger partial charge < -0.3 is 9.84 Å². The summed E-state index contributed by atoms with van der Waals surface area (Å²) in [6, 6.07) is 10.2. The second kappa shape index (κ2) is 6.02. The highest BCUT2D eigenvalue weighted by molar-refractivity contribution is 5.13. The first-order valence-corrected chi connectivity index (χ1v) is 6.16. The van der Waals surface area contributed by atoms with E-state index in [1.807, 2.05) is 18.2 Å². The monoisotopic (exact) mass is 220 g/mol. The SMILES string of the molecule is O[C@@H]1CCCC[C@H]1COCc1ccccc1. The fraction of sp³-hybridized carbons (Fsp3) is 0.571. The molecular formula is C14H20O2. The third kappa shape index (κ3) is 3.32. The molecule has 1 N–H and O–H groups in total. The van der Waals surface area contributed by atoms with Crippen molar-refractivity contribution in [2.24, 2.45) is 5.92 Å². The average Bonchev–Trinajstić information content (AvgIpc) is 2.33. The van der Waals surface area contributed by atoms with E-state index in [9.17, 15) is 5.11 Å². The van der Waals surface area contributed by atoms with Gasteiger partial charge in [0.25, 0.3) is 0 Å². The molecule has 0 unspecified atom stereocenters. The van der Waals surface area contributed by atoms with Gasteiger partial charge in [-0.05, 0) is 18.4 Å². The van der Waals surface area contributed by atoms with E-state index in [2.05, 4.69) is 12.1 Å². The molecule has 1 fully saturated rings. The molecule has 2 nitrogen and oxygen atoms in total. The minimum Gasteiger partial charge on any atom is -0.393 e. The van der Waals surface area contributed by atoms with Crippen LogP contribution >= 0.6 is 0 Å². The van der Waals surface area contributed by atoms with Gasteiger partial charge in [-0.1, -0.05) is 43.2 Å². The largest absolute Gasteiger partial charge is 0.393 e. The fourth-order valence-corrected chi connectivity index (χ4v) is 2.28. The molecule has 0 spiro atoms. The molecule has 1 aromatic carbocycles. The number of ether oxygens (including phenoxy) is 1. The normalized spacial score (nSPS) is 25.6. The maximum Gasteiger partial charge on any atom is 0.0717 e. The highest BCUT2D eigenvalue weighted by atomic mass is 16.5. The summed E-state index contributed by atoms with van der Waals surface area (Å²) >= 11 is 0. The van der Waals surface area contributed by atoms with Gasteiger partial charge in [0.2, 0.25) is 0 Å². The number of hydrogen-bond acceptors (Lipinski definition) is 2. The second-order valence-corrected chi connectivity index (χ2v) is 4.61. The number of benzene rings is 1. The second-order valence-electron chi connectivity index (χ2n) is 4.61. The number of aliphatic hydroxyl groups is 1. The molecule has 2 atom stereocenters. The van der Waals surface area contributed by atoms with Crippen LogP contribution in [-0.4, -0.2) is 17.8 Å². The van der Waals surface area contributed by atoms with Crippen molar-refractivity contribution in [2.75, 3.05) is 6.61 Å². The van der Waals surface area contributed by atoms with Crippen molar-refractivity contribution in [3.8, 4) is 0 Å². The van der Waals surface area contributed by atoms with Crippen LogP contribution in [0.1, 0.15) is 31.2 Å². The predicted octanol–water partition coefficient (Wildman–Crippen LogP) is 2.75. The van der Waals surface area contributed by atoms with Crippen LogP contribution in [0.3, 0.4) is 0 Å². The molecule has 1 saturated carbocycles. The third-order valence-electron chi connectivity index (χ3n) is 3.31. The van der Waals surface area contributed by atoms with Gasteiger partial charge >= 0.3 is 0 Å². The zero-order valence-electron chi connectivity index (χ0n) is 9.64. The summed E-state index contributed by atoms with van der Waals surface area (Å²) in [5.41, 5.74) is 1.20. The number of hydrogen-bond donors (Lipinski definition) is 1. The van der Waals surface area contributed by atoms with E-state index < -0.39 is 0 Å². The van der Waals surface area contributed by atoms with Crippen LogP contribution in [0.15, 0.2) is 30.3 Å². The Balaban J connectivity index is 1.71. The smallest absolute Gasteiger partial charge is 0.0717 e. The molecule has 0 amide bonds. The van der Waals surface area contributed by atoms with Crippen LogP contribution in [0.2, 0.25) is 0 Å². The van der Waals surface area contributed by atoms with Crippen molar-refractivity contribution in [2.45, 2.75) is 38.4 Å². The summed E-state index contributed by atoms with van der Waals surface area (Å²) in [6.45, 7) is 1.35. The lowest BCUT2D eigenvalue weighted by atomic mass is 9.87. The molecule has 16 heavy (non-hydrogen) atoms. The minimum atomic E-state index is -0.149. The van der Waals surface area contributed by atoms with E-state index in [-0.39, 0.29) is 6.10 Å². The highest BCUT2D eigenvalue weighted by Crippen LogP contribution is 2.24. The summed E-state index contributed by atoms with van der Waals surface area (Å²) < 4.78 is 5.67. The minimum absolute atomic E-state index is 0.149. The molecule has 2 rings (SSSR count). The van der Waals surface area contributed by atoms with Crippen molar-refractivity contribution in [1.29, 1.82) is 0 Å². The quantitative estimate of drug-likeness (QED) is 0.845. The van der Waals surface area contributed by atoms with Crippen LogP contribution in [0.5, 0.6) is 0 Å². The van der Waals surface area contributed by atoms with E-state index in [1.54, 1.807) is 0 Å². The molecule has 1 aliphatic carbocycles. The summed E-state index contributed by atoms with van der Waals surface area (Å²) in [5.74, 6) is 0.345. The lowest BCUT2D eigenvalue weighted by molar-refractivity contribution is -0.000323. The zero-order valence-corrected chi connectivity index (χ0v) is 9.64. The maximum absolute atomic E-state index is 9.79. The Bertz CT molecular complexity index is 297. The Kier molecular flexibility index (Phi) is 4.37. The van der Waals surface area contributed by atoms with E-state index in [0.717, 1.165) is 19.3 Å². The first kappa shape index (κ1) is 11.6. The van der Waals surface area contributed by atoms with Crippen molar-refractivity contribution in [3.63, 3.8) is 0 Å². The molecule has 88 valence electrons. The van der Waals surface area contributed by atoms with Gasteiger partial charge in [-0.2, -0.15) is 0 Å². The topological polar surface area (TPSA) is 29.5 Å². The molecule has 0 aliphatic heterocycles. The van der Waals surface area contributed by atoms with Crippen molar-refractivity contribution in [1.82, 2.24) is 0 Å². The van der Waals surface area contributed by atoms with Gasteiger partial charge in [-0.25, -0.2) is 0 Å².